The Morgan fingerprint density at radius 1 is 1.20 bits per heavy atom. The third-order valence-electron chi connectivity index (χ3n) is 5.40. The van der Waals surface area contributed by atoms with Crippen LogP contribution in [0.15, 0.2) is 30.9 Å². The smallest absolute Gasteiger partial charge is 0.330 e. The number of imidazole rings is 1. The first-order valence-electron chi connectivity index (χ1n) is 10.7. The van der Waals surface area contributed by atoms with Crippen LogP contribution in [0, 0.1) is 5.82 Å². The number of benzene rings is 1. The van der Waals surface area contributed by atoms with Crippen LogP contribution in [0.5, 0.6) is 0 Å². The van der Waals surface area contributed by atoms with Crippen LogP contribution in [-0.4, -0.2) is 45.7 Å². The second-order valence-electron chi connectivity index (χ2n) is 8.92. The molecule has 4 rings (SSSR count). The zero-order chi connectivity index (χ0) is 25.5. The Morgan fingerprint density at radius 2 is 1.94 bits per heavy atom. The summed E-state index contributed by atoms with van der Waals surface area (Å²) in [6.07, 6.45) is 4.87. The number of carbonyl (C=O) groups excluding carboxylic acids is 2. The number of hydrogen-bond acceptors (Lipinski definition) is 6. The molecule has 3 aromatic rings. The Bertz CT molecular complexity index is 1300. The molecule has 1 aliphatic rings. The molecule has 3 heterocycles. The van der Waals surface area contributed by atoms with E-state index in [-0.39, 0.29) is 28.5 Å². The van der Waals surface area contributed by atoms with E-state index in [0.717, 1.165) is 6.07 Å². The van der Waals surface area contributed by atoms with Crippen molar-refractivity contribution in [3.63, 3.8) is 0 Å². The topological polar surface area (TPSA) is 120 Å². The number of urea groups is 2. The van der Waals surface area contributed by atoms with E-state index in [0.29, 0.717) is 23.1 Å². The first-order chi connectivity index (χ1) is 16.5. The van der Waals surface area contributed by atoms with Crippen molar-refractivity contribution in [2.75, 3.05) is 39.8 Å². The minimum absolute atomic E-state index is 0.00958. The molecule has 35 heavy (non-hydrogen) atoms. The van der Waals surface area contributed by atoms with E-state index >= 15 is 0 Å². The number of hydrogen-bond donors (Lipinski definition) is 3. The number of aromatic nitrogens is 4. The summed E-state index contributed by atoms with van der Waals surface area (Å²) in [5.74, 6) is 0.379. The van der Waals surface area contributed by atoms with Crippen molar-refractivity contribution in [2.24, 2.45) is 0 Å². The number of amides is 4. The number of rotatable bonds is 4. The van der Waals surface area contributed by atoms with Gasteiger partial charge in [-0.3, -0.25) is 15.1 Å². The molecule has 0 unspecified atom stereocenters. The molecule has 0 spiro atoms. The van der Waals surface area contributed by atoms with Gasteiger partial charge >= 0.3 is 12.1 Å². The summed E-state index contributed by atoms with van der Waals surface area (Å²) in [5.41, 5.74) is 0.529. The lowest BCUT2D eigenvalue weighted by atomic mass is 10.1. The monoisotopic (exact) mass is 501 g/mol. The first kappa shape index (κ1) is 24.2. The Hall–Kier alpha value is -3.93. The fourth-order valence-corrected chi connectivity index (χ4v) is 3.73. The molecule has 13 heteroatoms. The van der Waals surface area contributed by atoms with Gasteiger partial charge in [0, 0.05) is 37.6 Å². The van der Waals surface area contributed by atoms with Crippen molar-refractivity contribution in [3.8, 4) is 0 Å². The number of fused-ring (bicyclic) bond motifs is 1. The average molecular weight is 502 g/mol. The van der Waals surface area contributed by atoms with Crippen molar-refractivity contribution >= 4 is 52.6 Å². The number of halogens is 2. The highest BCUT2D eigenvalue weighted by molar-refractivity contribution is 6.34. The highest BCUT2D eigenvalue weighted by Gasteiger charge is 2.32. The molecule has 1 aliphatic heterocycles. The van der Waals surface area contributed by atoms with E-state index in [2.05, 4.69) is 30.9 Å². The van der Waals surface area contributed by atoms with Gasteiger partial charge < -0.3 is 15.2 Å². The highest BCUT2D eigenvalue weighted by atomic mass is 35.5. The van der Waals surface area contributed by atoms with Crippen LogP contribution in [0.3, 0.4) is 0 Å². The van der Waals surface area contributed by atoms with E-state index in [4.69, 9.17) is 11.6 Å². The van der Waals surface area contributed by atoms with Gasteiger partial charge in [0.1, 0.15) is 11.6 Å². The third kappa shape index (κ3) is 4.83. The molecule has 3 N–H and O–H groups in total. The quantitative estimate of drug-likeness (QED) is 0.484. The van der Waals surface area contributed by atoms with Crippen molar-refractivity contribution in [1.29, 1.82) is 0 Å². The minimum atomic E-state index is -0.755. The second kappa shape index (κ2) is 9.02. The number of nitrogens with zero attached hydrogens (tertiary/aromatic N) is 6. The zero-order valence-corrected chi connectivity index (χ0v) is 20.6. The van der Waals surface area contributed by atoms with Crippen molar-refractivity contribution in [3.05, 3.63) is 47.3 Å². The summed E-state index contributed by atoms with van der Waals surface area (Å²) in [7, 11) is 3.25. The predicted molar refractivity (Wildman–Crippen MR) is 133 cm³/mol. The normalized spacial score (nSPS) is 13.5. The molecule has 1 aromatic carbocycles. The lowest BCUT2D eigenvalue weighted by molar-refractivity contribution is 0.251. The van der Waals surface area contributed by atoms with E-state index in [1.54, 1.807) is 32.8 Å². The zero-order valence-electron chi connectivity index (χ0n) is 19.8. The Labute approximate surface area is 206 Å². The molecule has 0 aliphatic carbocycles. The van der Waals surface area contributed by atoms with Gasteiger partial charge in [-0.2, -0.15) is 4.98 Å². The van der Waals surface area contributed by atoms with Crippen LogP contribution in [0.4, 0.5) is 42.9 Å². The molecule has 0 saturated carbocycles. The maximum absolute atomic E-state index is 14.7. The Kier molecular flexibility index (Phi) is 6.24. The SMILES string of the molecule is CNc1ncc2c(n1)N(C)C(=O)N(c1cc(NC(=O)Nc3cn(C(C)(C)C)cn3)c(F)cc1Cl)C2. The minimum Gasteiger partial charge on any atom is -0.357 e. The fourth-order valence-electron chi connectivity index (χ4n) is 3.48. The first-order valence-corrected chi connectivity index (χ1v) is 11.1. The second-order valence-corrected chi connectivity index (χ2v) is 9.33. The van der Waals surface area contributed by atoms with E-state index < -0.39 is 17.9 Å². The molecule has 0 bridgehead atoms. The van der Waals surface area contributed by atoms with Gasteiger partial charge in [0.25, 0.3) is 0 Å². The standard InChI is InChI=1S/C22H25ClFN9O2/c1-22(2,3)32-10-17(27-11-32)29-20(34)28-15-7-16(13(23)6-14(15)24)33-9-12-8-26-19(25-4)30-18(12)31(5)21(33)35/h6-8,10-11H,9H2,1-5H3,(H,25,26,30)(H2,28,29,34). The Balaban J connectivity index is 1.57. The van der Waals surface area contributed by atoms with Gasteiger partial charge in [-0.25, -0.2) is 23.9 Å². The molecule has 0 fully saturated rings. The summed E-state index contributed by atoms with van der Waals surface area (Å²) in [5, 5.41) is 7.87. The van der Waals surface area contributed by atoms with E-state index in [1.807, 2.05) is 25.3 Å². The van der Waals surface area contributed by atoms with Crippen molar-refractivity contribution in [2.45, 2.75) is 32.9 Å². The number of carbonyl (C=O) groups is 2. The van der Waals surface area contributed by atoms with E-state index in [9.17, 15) is 14.0 Å². The maximum atomic E-state index is 14.7. The van der Waals surface area contributed by atoms with Crippen LogP contribution in [-0.2, 0) is 12.1 Å². The highest BCUT2D eigenvalue weighted by Crippen LogP contribution is 2.36. The largest absolute Gasteiger partial charge is 0.357 e. The van der Waals surface area contributed by atoms with Crippen LogP contribution in [0.25, 0.3) is 0 Å². The molecule has 184 valence electrons. The van der Waals surface area contributed by atoms with Crippen LogP contribution in [0.1, 0.15) is 26.3 Å². The summed E-state index contributed by atoms with van der Waals surface area (Å²) < 4.78 is 16.5. The van der Waals surface area contributed by atoms with Gasteiger partial charge in [-0.05, 0) is 32.9 Å². The molecular formula is C22H25ClFN9O2. The molecule has 2 aromatic heterocycles. The molecule has 0 atom stereocenters. The predicted octanol–water partition coefficient (Wildman–Crippen LogP) is 4.48. The van der Waals surface area contributed by atoms with Gasteiger partial charge in [-0.1, -0.05) is 11.6 Å². The van der Waals surface area contributed by atoms with Crippen LogP contribution >= 0.6 is 11.6 Å². The molecule has 0 saturated heterocycles. The Morgan fingerprint density at radius 3 is 2.60 bits per heavy atom. The van der Waals surface area contributed by atoms with Gasteiger partial charge in [-0.15, -0.1) is 0 Å². The molecule has 4 amide bonds. The van der Waals surface area contributed by atoms with E-state index in [1.165, 1.54) is 15.9 Å². The van der Waals surface area contributed by atoms with Gasteiger partial charge in [0.2, 0.25) is 5.95 Å². The summed E-state index contributed by atoms with van der Waals surface area (Å²) in [4.78, 5) is 41.0. The van der Waals surface area contributed by atoms with Gasteiger partial charge in [0.05, 0.1) is 29.3 Å². The summed E-state index contributed by atoms with van der Waals surface area (Å²) in [6.45, 7) is 6.09. The molecule has 11 nitrogen and oxygen atoms in total. The summed E-state index contributed by atoms with van der Waals surface area (Å²) >= 11 is 6.30. The van der Waals surface area contributed by atoms with Gasteiger partial charge in [0.15, 0.2) is 5.82 Å². The molecule has 0 radical (unpaired) electrons. The van der Waals surface area contributed by atoms with Crippen LogP contribution in [0.2, 0.25) is 5.02 Å². The molecular weight excluding hydrogens is 477 g/mol. The van der Waals surface area contributed by atoms with Crippen molar-refractivity contribution < 1.29 is 14.0 Å². The fraction of sp³-hybridized carbons (Fsp3) is 0.318. The lowest BCUT2D eigenvalue weighted by Gasteiger charge is -2.34. The lowest BCUT2D eigenvalue weighted by Crippen LogP contribution is -2.46. The third-order valence-corrected chi connectivity index (χ3v) is 5.71. The number of anilines is 5. The van der Waals surface area contributed by atoms with Crippen molar-refractivity contribution in [1.82, 2.24) is 19.5 Å². The average Bonchev–Trinajstić information content (AvgIpc) is 3.27. The summed E-state index contributed by atoms with van der Waals surface area (Å²) in [6, 6.07) is 1.24. The maximum Gasteiger partial charge on any atom is 0.330 e. The van der Waals surface area contributed by atoms with Crippen LogP contribution < -0.4 is 25.8 Å². The number of nitrogens with one attached hydrogen (secondary N) is 3.